The van der Waals surface area contributed by atoms with Gasteiger partial charge in [-0.2, -0.15) is 0 Å². The van der Waals surface area contributed by atoms with Gasteiger partial charge in [0.1, 0.15) is 0 Å². The predicted molar refractivity (Wildman–Crippen MR) is 91.2 cm³/mol. The molecule has 3 N–H and O–H groups in total. The highest BCUT2D eigenvalue weighted by molar-refractivity contribution is 5.94. The Hall–Kier alpha value is -1.17. The minimum atomic E-state index is -0.0427. The van der Waals surface area contributed by atoms with Gasteiger partial charge in [0, 0.05) is 30.4 Å². The van der Waals surface area contributed by atoms with Crippen molar-refractivity contribution in [2.45, 2.75) is 44.2 Å². The molecule has 0 radical (unpaired) electrons. The lowest BCUT2D eigenvalue weighted by molar-refractivity contribution is 0.0799. The molecule has 6 heteroatoms. The van der Waals surface area contributed by atoms with Crippen molar-refractivity contribution in [1.82, 2.24) is 15.2 Å². The fourth-order valence-electron chi connectivity index (χ4n) is 3.07. The number of carbonyl (C=O) groups excluding carboxylic acids is 1. The monoisotopic (exact) mass is 326 g/mol. The van der Waals surface area contributed by atoms with Crippen LogP contribution in [0, 0.1) is 0 Å². The SMILES string of the molecule is CN(C)C1(CNC(=O)c2ccnc(CN)c2)CCCCC1.Cl. The zero-order valence-electron chi connectivity index (χ0n) is 13.5. The molecule has 5 nitrogen and oxygen atoms in total. The summed E-state index contributed by atoms with van der Waals surface area (Å²) in [6, 6.07) is 3.50. The van der Waals surface area contributed by atoms with E-state index in [1.807, 2.05) is 0 Å². The quantitative estimate of drug-likeness (QED) is 0.867. The summed E-state index contributed by atoms with van der Waals surface area (Å²) in [7, 11) is 4.22. The zero-order valence-corrected chi connectivity index (χ0v) is 14.3. The van der Waals surface area contributed by atoms with Crippen LogP contribution in [0.5, 0.6) is 0 Å². The highest BCUT2D eigenvalue weighted by atomic mass is 35.5. The average Bonchev–Trinajstić information content (AvgIpc) is 2.53. The van der Waals surface area contributed by atoms with Gasteiger partial charge in [0.25, 0.3) is 5.91 Å². The second-order valence-electron chi connectivity index (χ2n) is 6.10. The molecule has 1 aliphatic carbocycles. The summed E-state index contributed by atoms with van der Waals surface area (Å²) >= 11 is 0. The highest BCUT2D eigenvalue weighted by Crippen LogP contribution is 2.31. The number of amides is 1. The molecule has 0 atom stereocenters. The van der Waals surface area contributed by atoms with Crippen LogP contribution in [0.4, 0.5) is 0 Å². The maximum atomic E-state index is 12.3. The first-order valence-electron chi connectivity index (χ1n) is 7.68. The van der Waals surface area contributed by atoms with Crippen LogP contribution in [0.15, 0.2) is 18.3 Å². The first kappa shape index (κ1) is 18.9. The van der Waals surface area contributed by atoms with E-state index in [2.05, 4.69) is 29.3 Å². The van der Waals surface area contributed by atoms with Gasteiger partial charge in [0.15, 0.2) is 0 Å². The van der Waals surface area contributed by atoms with Gasteiger partial charge in [0.05, 0.1) is 5.69 Å². The van der Waals surface area contributed by atoms with Gasteiger partial charge in [-0.1, -0.05) is 19.3 Å². The predicted octanol–water partition coefficient (Wildman–Crippen LogP) is 1.96. The van der Waals surface area contributed by atoms with E-state index in [9.17, 15) is 4.79 Å². The van der Waals surface area contributed by atoms with E-state index in [1.165, 1.54) is 19.3 Å². The third-order valence-electron chi connectivity index (χ3n) is 4.60. The molecule has 124 valence electrons. The second-order valence-corrected chi connectivity index (χ2v) is 6.10. The number of nitrogens with one attached hydrogen (secondary N) is 1. The maximum Gasteiger partial charge on any atom is 0.251 e. The van der Waals surface area contributed by atoms with Crippen LogP contribution < -0.4 is 11.1 Å². The summed E-state index contributed by atoms with van der Waals surface area (Å²) in [4.78, 5) is 18.7. The smallest absolute Gasteiger partial charge is 0.251 e. The zero-order chi connectivity index (χ0) is 15.3. The van der Waals surface area contributed by atoms with E-state index < -0.39 is 0 Å². The molecular formula is C16H27ClN4O. The Morgan fingerprint density at radius 3 is 2.64 bits per heavy atom. The van der Waals surface area contributed by atoms with Gasteiger partial charge in [0.2, 0.25) is 0 Å². The van der Waals surface area contributed by atoms with Crippen LogP contribution in [-0.2, 0) is 6.54 Å². The number of halogens is 1. The van der Waals surface area contributed by atoms with Crippen molar-refractivity contribution in [3.8, 4) is 0 Å². The third kappa shape index (κ3) is 4.41. The number of hydrogen-bond donors (Lipinski definition) is 2. The van der Waals surface area contributed by atoms with Crippen LogP contribution in [0.25, 0.3) is 0 Å². The number of nitrogens with two attached hydrogens (primary N) is 1. The largest absolute Gasteiger partial charge is 0.350 e. The third-order valence-corrected chi connectivity index (χ3v) is 4.60. The van der Waals surface area contributed by atoms with E-state index in [-0.39, 0.29) is 23.9 Å². The van der Waals surface area contributed by atoms with E-state index in [0.29, 0.717) is 18.7 Å². The first-order valence-corrected chi connectivity index (χ1v) is 7.68. The Balaban J connectivity index is 0.00000242. The Labute approximate surface area is 139 Å². The first-order chi connectivity index (χ1) is 10.1. The van der Waals surface area contributed by atoms with Gasteiger partial charge in [-0.3, -0.25) is 9.78 Å². The van der Waals surface area contributed by atoms with Gasteiger partial charge in [-0.25, -0.2) is 0 Å². The van der Waals surface area contributed by atoms with Gasteiger partial charge < -0.3 is 16.0 Å². The van der Waals surface area contributed by atoms with E-state index >= 15 is 0 Å². The number of rotatable bonds is 5. The van der Waals surface area contributed by atoms with Crippen molar-refractivity contribution >= 4 is 18.3 Å². The lowest BCUT2D eigenvalue weighted by Gasteiger charge is -2.43. The van der Waals surface area contributed by atoms with Crippen LogP contribution >= 0.6 is 12.4 Å². The molecule has 1 saturated carbocycles. The molecule has 0 bridgehead atoms. The number of pyridine rings is 1. The van der Waals surface area contributed by atoms with Crippen LogP contribution in [-0.4, -0.2) is 42.0 Å². The molecule has 0 aromatic carbocycles. The molecule has 1 amide bonds. The minimum absolute atomic E-state index is 0. The summed E-state index contributed by atoms with van der Waals surface area (Å²) in [6.45, 7) is 1.04. The highest BCUT2D eigenvalue weighted by Gasteiger charge is 2.34. The lowest BCUT2D eigenvalue weighted by Crippen LogP contribution is -2.53. The van der Waals surface area contributed by atoms with Crippen molar-refractivity contribution in [2.24, 2.45) is 5.73 Å². The summed E-state index contributed by atoms with van der Waals surface area (Å²) in [5.41, 5.74) is 7.04. The lowest BCUT2D eigenvalue weighted by atomic mass is 9.80. The number of aromatic nitrogens is 1. The van der Waals surface area contributed by atoms with Crippen molar-refractivity contribution in [3.05, 3.63) is 29.6 Å². The molecule has 1 aromatic heterocycles. The molecule has 0 unspecified atom stereocenters. The molecule has 0 saturated heterocycles. The molecule has 22 heavy (non-hydrogen) atoms. The Morgan fingerprint density at radius 2 is 2.05 bits per heavy atom. The number of carbonyl (C=O) groups is 1. The maximum absolute atomic E-state index is 12.3. The molecular weight excluding hydrogens is 300 g/mol. The van der Waals surface area contributed by atoms with Crippen molar-refractivity contribution in [1.29, 1.82) is 0 Å². The van der Waals surface area contributed by atoms with Gasteiger partial charge in [-0.15, -0.1) is 12.4 Å². The molecule has 1 aromatic rings. The normalized spacial score (nSPS) is 16.9. The molecule has 1 heterocycles. The number of hydrogen-bond acceptors (Lipinski definition) is 4. The van der Waals surface area contributed by atoms with Crippen molar-refractivity contribution in [3.63, 3.8) is 0 Å². The summed E-state index contributed by atoms with van der Waals surface area (Å²) < 4.78 is 0. The average molecular weight is 327 g/mol. The Kier molecular flexibility index (Phi) is 7.26. The van der Waals surface area contributed by atoms with Gasteiger partial charge in [-0.05, 0) is 39.1 Å². The number of likely N-dealkylation sites (N-methyl/N-ethyl adjacent to an activating group) is 1. The second kappa shape index (κ2) is 8.46. The fraction of sp³-hybridized carbons (Fsp3) is 0.625. The molecule has 0 spiro atoms. The van der Waals surface area contributed by atoms with Crippen LogP contribution in [0.1, 0.15) is 48.2 Å². The standard InChI is InChI=1S/C16H26N4O.ClH/c1-20(2)16(7-4-3-5-8-16)12-19-15(21)13-6-9-18-14(10-13)11-17;/h6,9-10H,3-5,7-8,11-12,17H2,1-2H3,(H,19,21);1H. The topological polar surface area (TPSA) is 71.2 Å². The molecule has 2 rings (SSSR count). The van der Waals surface area contributed by atoms with E-state index in [4.69, 9.17) is 5.73 Å². The van der Waals surface area contributed by atoms with Crippen molar-refractivity contribution in [2.75, 3.05) is 20.6 Å². The van der Waals surface area contributed by atoms with Crippen LogP contribution in [0.3, 0.4) is 0 Å². The van der Waals surface area contributed by atoms with E-state index in [1.54, 1.807) is 18.3 Å². The molecule has 1 fully saturated rings. The molecule has 0 aliphatic heterocycles. The summed E-state index contributed by atoms with van der Waals surface area (Å²) in [5, 5.41) is 3.09. The Morgan fingerprint density at radius 1 is 1.36 bits per heavy atom. The fourth-order valence-corrected chi connectivity index (χ4v) is 3.07. The Bertz CT molecular complexity index is 487. The van der Waals surface area contributed by atoms with E-state index in [0.717, 1.165) is 18.5 Å². The summed E-state index contributed by atoms with van der Waals surface area (Å²) in [5.74, 6) is -0.0427. The van der Waals surface area contributed by atoms with Crippen molar-refractivity contribution < 1.29 is 4.79 Å². The van der Waals surface area contributed by atoms with Crippen LogP contribution in [0.2, 0.25) is 0 Å². The minimum Gasteiger partial charge on any atom is -0.350 e. The number of nitrogens with zero attached hydrogens (tertiary/aromatic N) is 2. The molecule has 1 aliphatic rings. The van der Waals surface area contributed by atoms with Gasteiger partial charge >= 0.3 is 0 Å². The summed E-state index contributed by atoms with van der Waals surface area (Å²) in [6.07, 6.45) is 7.70.